The molecule has 2 aromatic rings. The highest BCUT2D eigenvalue weighted by molar-refractivity contribution is 9.13. The second kappa shape index (κ2) is 5.55. The van der Waals surface area contributed by atoms with Crippen molar-refractivity contribution < 1.29 is 4.79 Å². The lowest BCUT2D eigenvalue weighted by atomic mass is 10.2. The second-order valence-corrected chi connectivity index (χ2v) is 7.16. The highest BCUT2D eigenvalue weighted by Gasteiger charge is 2.17. The lowest BCUT2D eigenvalue weighted by Gasteiger charge is -2.16. The van der Waals surface area contributed by atoms with Crippen molar-refractivity contribution in [3.8, 4) is 0 Å². The molecule has 0 radical (unpaired) electrons. The van der Waals surface area contributed by atoms with Crippen LogP contribution in [0.5, 0.6) is 0 Å². The monoisotopic (exact) mass is 387 g/mol. The molecule has 1 heterocycles. The summed E-state index contributed by atoms with van der Waals surface area (Å²) in [7, 11) is 1.79. The standard InChI is InChI=1S/C13H11Br2NOS/c1-8-3-5-9(6-4-8)16(2)13(17)11-7-10(14)12(15)18-11/h3-7H,1-2H3. The van der Waals surface area contributed by atoms with Gasteiger partial charge >= 0.3 is 0 Å². The average molecular weight is 389 g/mol. The Bertz CT molecular complexity index is 558. The summed E-state index contributed by atoms with van der Waals surface area (Å²) in [5, 5.41) is 0. The van der Waals surface area contributed by atoms with Gasteiger partial charge in [0.2, 0.25) is 0 Å². The zero-order valence-corrected chi connectivity index (χ0v) is 13.9. The number of carbonyl (C=O) groups excluding carboxylic acids is 1. The van der Waals surface area contributed by atoms with E-state index in [1.54, 1.807) is 11.9 Å². The Morgan fingerprint density at radius 2 is 1.83 bits per heavy atom. The number of hydrogen-bond acceptors (Lipinski definition) is 2. The summed E-state index contributed by atoms with van der Waals surface area (Å²) >= 11 is 8.22. The average Bonchev–Trinajstić information content (AvgIpc) is 2.69. The Labute approximate surface area is 127 Å². The molecule has 0 fully saturated rings. The van der Waals surface area contributed by atoms with E-state index in [1.165, 1.54) is 16.9 Å². The number of hydrogen-bond donors (Lipinski definition) is 0. The third-order valence-corrected chi connectivity index (χ3v) is 5.83. The molecule has 1 aromatic carbocycles. The fraction of sp³-hybridized carbons (Fsp3) is 0.154. The van der Waals surface area contributed by atoms with Crippen molar-refractivity contribution in [2.24, 2.45) is 0 Å². The van der Waals surface area contributed by atoms with Crippen molar-refractivity contribution in [3.05, 3.63) is 49.0 Å². The van der Waals surface area contributed by atoms with E-state index in [0.717, 1.165) is 13.9 Å². The summed E-state index contributed by atoms with van der Waals surface area (Å²) in [5.74, 6) is -0.00440. The fourth-order valence-corrected chi connectivity index (χ4v) is 3.51. The van der Waals surface area contributed by atoms with Crippen LogP contribution in [0, 0.1) is 6.92 Å². The molecule has 0 unspecified atom stereocenters. The van der Waals surface area contributed by atoms with Crippen LogP contribution in [0.4, 0.5) is 5.69 Å². The van der Waals surface area contributed by atoms with Crippen molar-refractivity contribution in [1.29, 1.82) is 0 Å². The van der Waals surface area contributed by atoms with Gasteiger partial charge in [0.15, 0.2) is 0 Å². The van der Waals surface area contributed by atoms with Gasteiger partial charge in [0.05, 0.1) is 8.66 Å². The number of amides is 1. The summed E-state index contributed by atoms with van der Waals surface area (Å²) in [6, 6.07) is 9.73. The van der Waals surface area contributed by atoms with Crippen LogP contribution in [0.3, 0.4) is 0 Å². The topological polar surface area (TPSA) is 20.3 Å². The molecular weight excluding hydrogens is 378 g/mol. The third-order valence-electron chi connectivity index (χ3n) is 2.58. The Morgan fingerprint density at radius 1 is 1.22 bits per heavy atom. The van der Waals surface area contributed by atoms with Crippen LogP contribution in [0.25, 0.3) is 0 Å². The molecule has 1 aromatic heterocycles. The van der Waals surface area contributed by atoms with Gasteiger partial charge in [-0.25, -0.2) is 0 Å². The maximum Gasteiger partial charge on any atom is 0.268 e. The first-order valence-electron chi connectivity index (χ1n) is 5.28. The van der Waals surface area contributed by atoms with E-state index in [2.05, 4.69) is 31.9 Å². The number of nitrogens with zero attached hydrogens (tertiary/aromatic N) is 1. The molecule has 5 heteroatoms. The zero-order valence-electron chi connectivity index (χ0n) is 9.91. The summed E-state index contributed by atoms with van der Waals surface area (Å²) in [4.78, 5) is 14.7. The predicted octanol–water partition coefficient (Wildman–Crippen LogP) is 4.86. The van der Waals surface area contributed by atoms with E-state index in [0.29, 0.717) is 4.88 Å². The van der Waals surface area contributed by atoms with Crippen LogP contribution in [-0.4, -0.2) is 13.0 Å². The predicted molar refractivity (Wildman–Crippen MR) is 83.6 cm³/mol. The minimum atomic E-state index is -0.00440. The second-order valence-electron chi connectivity index (χ2n) is 3.93. The van der Waals surface area contributed by atoms with E-state index in [4.69, 9.17) is 0 Å². The number of halogens is 2. The first-order valence-corrected chi connectivity index (χ1v) is 7.69. The smallest absolute Gasteiger partial charge is 0.268 e. The Morgan fingerprint density at radius 3 is 2.33 bits per heavy atom. The SMILES string of the molecule is Cc1ccc(N(C)C(=O)c2cc(Br)c(Br)s2)cc1. The minimum absolute atomic E-state index is 0.00440. The number of carbonyl (C=O) groups is 1. The lowest BCUT2D eigenvalue weighted by Crippen LogP contribution is -2.25. The Kier molecular flexibility index (Phi) is 4.25. The van der Waals surface area contributed by atoms with Crippen molar-refractivity contribution >= 4 is 54.8 Å². The Hall–Kier alpha value is -0.650. The van der Waals surface area contributed by atoms with Crippen LogP contribution < -0.4 is 4.90 Å². The molecule has 2 nitrogen and oxygen atoms in total. The van der Waals surface area contributed by atoms with Crippen LogP contribution in [-0.2, 0) is 0 Å². The van der Waals surface area contributed by atoms with Crippen molar-refractivity contribution in [2.45, 2.75) is 6.92 Å². The van der Waals surface area contributed by atoms with Crippen molar-refractivity contribution in [3.63, 3.8) is 0 Å². The lowest BCUT2D eigenvalue weighted by molar-refractivity contribution is 0.0997. The summed E-state index contributed by atoms with van der Waals surface area (Å²) < 4.78 is 1.84. The minimum Gasteiger partial charge on any atom is -0.311 e. The maximum absolute atomic E-state index is 12.3. The van der Waals surface area contributed by atoms with Crippen LogP contribution in [0.15, 0.2) is 38.6 Å². The van der Waals surface area contributed by atoms with E-state index in [9.17, 15) is 4.79 Å². The highest BCUT2D eigenvalue weighted by Crippen LogP contribution is 2.33. The maximum atomic E-state index is 12.3. The number of aryl methyl sites for hydroxylation is 1. The quantitative estimate of drug-likeness (QED) is 0.719. The van der Waals surface area contributed by atoms with E-state index in [1.807, 2.05) is 37.3 Å². The number of rotatable bonds is 2. The van der Waals surface area contributed by atoms with Crippen molar-refractivity contribution in [2.75, 3.05) is 11.9 Å². The van der Waals surface area contributed by atoms with Gasteiger partial charge in [-0.05, 0) is 57.0 Å². The normalized spacial score (nSPS) is 10.4. The third kappa shape index (κ3) is 2.84. The summed E-state index contributed by atoms with van der Waals surface area (Å²) in [6.45, 7) is 2.03. The molecule has 0 aliphatic heterocycles. The van der Waals surface area contributed by atoms with Crippen LogP contribution >= 0.6 is 43.2 Å². The van der Waals surface area contributed by atoms with E-state index < -0.39 is 0 Å². The summed E-state index contributed by atoms with van der Waals surface area (Å²) in [6.07, 6.45) is 0. The molecule has 0 N–H and O–H groups in total. The molecule has 0 atom stereocenters. The molecule has 18 heavy (non-hydrogen) atoms. The van der Waals surface area contributed by atoms with Gasteiger partial charge in [0.25, 0.3) is 5.91 Å². The molecule has 0 spiro atoms. The molecule has 0 saturated carbocycles. The molecule has 0 aliphatic rings. The molecule has 1 amide bonds. The molecular formula is C13H11Br2NOS. The zero-order chi connectivity index (χ0) is 13.3. The number of thiophene rings is 1. The summed E-state index contributed by atoms with van der Waals surface area (Å²) in [5.41, 5.74) is 2.08. The van der Waals surface area contributed by atoms with Gasteiger partial charge < -0.3 is 4.90 Å². The molecule has 2 rings (SSSR count). The van der Waals surface area contributed by atoms with Gasteiger partial charge in [-0.1, -0.05) is 17.7 Å². The first-order chi connectivity index (χ1) is 8.49. The van der Waals surface area contributed by atoms with E-state index >= 15 is 0 Å². The first kappa shape index (κ1) is 13.8. The molecule has 0 saturated heterocycles. The molecule has 0 bridgehead atoms. The largest absolute Gasteiger partial charge is 0.311 e. The van der Waals surface area contributed by atoms with Gasteiger partial charge in [-0.3, -0.25) is 4.79 Å². The van der Waals surface area contributed by atoms with Gasteiger partial charge in [-0.2, -0.15) is 0 Å². The Balaban J connectivity index is 2.26. The van der Waals surface area contributed by atoms with Gasteiger partial charge in [-0.15, -0.1) is 11.3 Å². The highest BCUT2D eigenvalue weighted by atomic mass is 79.9. The van der Waals surface area contributed by atoms with Crippen molar-refractivity contribution in [1.82, 2.24) is 0 Å². The number of benzene rings is 1. The fourth-order valence-electron chi connectivity index (χ4n) is 1.50. The van der Waals surface area contributed by atoms with E-state index in [-0.39, 0.29) is 5.91 Å². The van der Waals surface area contributed by atoms with Gasteiger partial charge in [0, 0.05) is 17.2 Å². The van der Waals surface area contributed by atoms with Gasteiger partial charge in [0.1, 0.15) is 0 Å². The molecule has 94 valence electrons. The molecule has 0 aliphatic carbocycles. The van der Waals surface area contributed by atoms with Crippen LogP contribution in [0.1, 0.15) is 15.2 Å². The van der Waals surface area contributed by atoms with Crippen LogP contribution in [0.2, 0.25) is 0 Å². The number of anilines is 1.